The number of benzene rings is 1. The zero-order chi connectivity index (χ0) is 23.8. The molecule has 0 unspecified atom stereocenters. The number of H-pyrrole nitrogens is 1. The van der Waals surface area contributed by atoms with Crippen LogP contribution in [0.2, 0.25) is 0 Å². The van der Waals surface area contributed by atoms with Gasteiger partial charge in [0.15, 0.2) is 0 Å². The van der Waals surface area contributed by atoms with Gasteiger partial charge in [-0.3, -0.25) is 9.69 Å². The molecule has 3 N–H and O–H groups in total. The van der Waals surface area contributed by atoms with Crippen molar-refractivity contribution in [3.8, 4) is 0 Å². The number of hydrogen-bond acceptors (Lipinski definition) is 5. The molecule has 1 aromatic heterocycles. The Hall–Kier alpha value is -2.50. The molecular formula is C21H24F4N4O3S. The normalized spacial score (nSPS) is 22.1. The van der Waals surface area contributed by atoms with Crippen LogP contribution in [-0.4, -0.2) is 56.1 Å². The molecule has 2 atom stereocenters. The number of nitrogens with zero attached hydrogens (tertiary/aromatic N) is 2. The number of carboxylic acid groups (broad SMARTS) is 1. The second kappa shape index (κ2) is 9.40. The molecule has 0 radical (unpaired) electrons. The number of carbonyl (C=O) groups is 1. The molecule has 2 aromatic rings. The molecule has 12 heteroatoms. The van der Waals surface area contributed by atoms with Crippen LogP contribution in [0.3, 0.4) is 0 Å². The minimum atomic E-state index is -4.66. The molecule has 0 bridgehead atoms. The number of fused-ring (bicyclic) bond motifs is 1. The maximum absolute atomic E-state index is 14.6. The first-order valence-corrected chi connectivity index (χ1v) is 11.8. The second-order valence-corrected chi connectivity index (χ2v) is 9.77. The largest absolute Gasteiger partial charge is 0.465 e. The van der Waals surface area contributed by atoms with E-state index in [1.807, 2.05) is 0 Å². The van der Waals surface area contributed by atoms with Crippen LogP contribution in [0.4, 0.5) is 28.0 Å². The van der Waals surface area contributed by atoms with E-state index in [-0.39, 0.29) is 47.9 Å². The lowest BCUT2D eigenvalue weighted by Gasteiger charge is -2.38. The van der Waals surface area contributed by atoms with Crippen molar-refractivity contribution in [1.29, 1.82) is 0 Å². The van der Waals surface area contributed by atoms with Crippen LogP contribution in [0.25, 0.3) is 10.9 Å². The first kappa shape index (κ1) is 23.7. The molecule has 1 aliphatic carbocycles. The summed E-state index contributed by atoms with van der Waals surface area (Å²) < 4.78 is 54.5. The Bertz CT molecular complexity index is 1090. The number of likely N-dealkylation sites (tertiary alicyclic amines) is 1. The fourth-order valence-corrected chi connectivity index (χ4v) is 5.67. The third kappa shape index (κ3) is 5.36. The smallest absolute Gasteiger partial charge is 0.408 e. The lowest BCUT2D eigenvalue weighted by atomic mass is 10.0. The lowest BCUT2D eigenvalue weighted by molar-refractivity contribution is -0.184. The van der Waals surface area contributed by atoms with Crippen LogP contribution in [0.1, 0.15) is 44.3 Å². The Kier molecular flexibility index (Phi) is 6.73. The third-order valence-corrected chi connectivity index (χ3v) is 7.51. The number of rotatable bonds is 5. The zero-order valence-electron chi connectivity index (χ0n) is 17.6. The van der Waals surface area contributed by atoms with E-state index in [0.717, 1.165) is 25.7 Å². The summed E-state index contributed by atoms with van der Waals surface area (Å²) in [7, 11) is 0. The van der Waals surface area contributed by atoms with Crippen LogP contribution in [0.5, 0.6) is 0 Å². The minimum Gasteiger partial charge on any atom is -0.465 e. The van der Waals surface area contributed by atoms with Gasteiger partial charge in [-0.25, -0.2) is 14.2 Å². The van der Waals surface area contributed by atoms with Crippen molar-refractivity contribution in [1.82, 2.24) is 14.9 Å². The van der Waals surface area contributed by atoms with Crippen molar-refractivity contribution < 1.29 is 27.5 Å². The number of anilines is 1. The van der Waals surface area contributed by atoms with E-state index >= 15 is 0 Å². The molecule has 1 aliphatic heterocycles. The summed E-state index contributed by atoms with van der Waals surface area (Å²) in [5, 5.41) is 11.7. The standard InChI is InChI=1S/C21H24F4N4O3S/c22-14-7-12(26-11-3-1-2-4-11)8-15-18(14)19(30)28-17(27-15)10-33-13-5-6-29(20(31)32)16(9-13)21(23,24)25/h7-8,11,13,16,26H,1-6,9-10H2,(H,31,32)(H,27,28,30)/t13-,16-/m1/s1. The van der Waals surface area contributed by atoms with E-state index < -0.39 is 34.9 Å². The van der Waals surface area contributed by atoms with E-state index in [0.29, 0.717) is 10.6 Å². The van der Waals surface area contributed by atoms with Gasteiger partial charge in [0.2, 0.25) is 0 Å². The molecular weight excluding hydrogens is 464 g/mol. The van der Waals surface area contributed by atoms with Crippen LogP contribution in [0.15, 0.2) is 16.9 Å². The summed E-state index contributed by atoms with van der Waals surface area (Å²) >= 11 is 1.17. The second-order valence-electron chi connectivity index (χ2n) is 8.48. The highest BCUT2D eigenvalue weighted by Gasteiger charge is 2.48. The minimum absolute atomic E-state index is 0.120. The van der Waals surface area contributed by atoms with Crippen LogP contribution in [-0.2, 0) is 5.75 Å². The molecule has 4 rings (SSSR count). The SMILES string of the molecule is O=C(O)N1CC[C@@H](SCc2nc3cc(NC4CCCC4)cc(F)c3c(=O)[nH]2)C[C@@H]1C(F)(F)F. The number of aromatic nitrogens is 2. The van der Waals surface area contributed by atoms with E-state index in [1.165, 1.54) is 17.8 Å². The number of alkyl halides is 3. The molecule has 2 heterocycles. The summed E-state index contributed by atoms with van der Waals surface area (Å²) in [5.41, 5.74) is 0.0794. The molecule has 2 fully saturated rings. The maximum atomic E-state index is 14.6. The van der Waals surface area contributed by atoms with Gasteiger partial charge in [-0.15, -0.1) is 0 Å². The predicted molar refractivity (Wildman–Crippen MR) is 117 cm³/mol. The van der Waals surface area contributed by atoms with Crippen molar-refractivity contribution in [3.63, 3.8) is 0 Å². The van der Waals surface area contributed by atoms with Crippen LogP contribution in [0, 0.1) is 5.82 Å². The topological polar surface area (TPSA) is 98.3 Å². The summed E-state index contributed by atoms with van der Waals surface area (Å²) in [4.78, 5) is 30.9. The highest BCUT2D eigenvalue weighted by molar-refractivity contribution is 7.99. The zero-order valence-corrected chi connectivity index (χ0v) is 18.4. The van der Waals surface area contributed by atoms with Gasteiger partial charge < -0.3 is 15.4 Å². The molecule has 7 nitrogen and oxygen atoms in total. The Morgan fingerprint density at radius 1 is 1.27 bits per heavy atom. The van der Waals surface area contributed by atoms with Gasteiger partial charge in [-0.2, -0.15) is 24.9 Å². The number of halogens is 4. The number of aromatic amines is 1. The number of piperidine rings is 1. The Balaban J connectivity index is 1.49. The molecule has 33 heavy (non-hydrogen) atoms. The van der Waals surface area contributed by atoms with E-state index in [1.54, 1.807) is 6.07 Å². The van der Waals surface area contributed by atoms with E-state index in [2.05, 4.69) is 15.3 Å². The Morgan fingerprint density at radius 3 is 2.67 bits per heavy atom. The summed E-state index contributed by atoms with van der Waals surface area (Å²) in [5.74, 6) is -0.329. The average Bonchev–Trinajstić information content (AvgIpc) is 3.23. The molecule has 1 saturated heterocycles. The molecule has 0 spiro atoms. The fourth-order valence-electron chi connectivity index (χ4n) is 4.55. The maximum Gasteiger partial charge on any atom is 0.408 e. The van der Waals surface area contributed by atoms with Gasteiger partial charge in [0, 0.05) is 23.5 Å². The van der Waals surface area contributed by atoms with Crippen molar-refractivity contribution in [2.45, 2.75) is 67.8 Å². The molecule has 1 saturated carbocycles. The van der Waals surface area contributed by atoms with Crippen molar-refractivity contribution in [2.75, 3.05) is 11.9 Å². The van der Waals surface area contributed by atoms with Crippen LogP contribution >= 0.6 is 11.8 Å². The quantitative estimate of drug-likeness (QED) is 0.527. The number of hydrogen-bond donors (Lipinski definition) is 3. The lowest BCUT2D eigenvalue weighted by Crippen LogP contribution is -2.53. The molecule has 1 amide bonds. The number of amides is 1. The fraction of sp³-hybridized carbons (Fsp3) is 0.571. The predicted octanol–water partition coefficient (Wildman–Crippen LogP) is 4.72. The third-order valence-electron chi connectivity index (χ3n) is 6.17. The van der Waals surface area contributed by atoms with Gasteiger partial charge in [0.25, 0.3) is 5.56 Å². The van der Waals surface area contributed by atoms with Crippen molar-refractivity contribution in [3.05, 3.63) is 34.1 Å². The summed E-state index contributed by atoms with van der Waals surface area (Å²) in [6, 6.07) is 1.07. The number of thioether (sulfide) groups is 1. The molecule has 2 aliphatic rings. The van der Waals surface area contributed by atoms with E-state index in [4.69, 9.17) is 5.11 Å². The average molecular weight is 489 g/mol. The first-order valence-electron chi connectivity index (χ1n) is 10.8. The van der Waals surface area contributed by atoms with Gasteiger partial charge in [-0.1, -0.05) is 12.8 Å². The summed E-state index contributed by atoms with van der Waals surface area (Å²) in [6.07, 6.45) is -2.18. The van der Waals surface area contributed by atoms with Crippen LogP contribution < -0.4 is 10.9 Å². The van der Waals surface area contributed by atoms with Gasteiger partial charge in [-0.05, 0) is 37.8 Å². The highest BCUT2D eigenvalue weighted by Crippen LogP contribution is 2.37. The number of nitrogens with one attached hydrogen (secondary N) is 2. The molecule has 180 valence electrons. The van der Waals surface area contributed by atoms with Gasteiger partial charge >= 0.3 is 12.3 Å². The van der Waals surface area contributed by atoms with Gasteiger partial charge in [0.1, 0.15) is 23.1 Å². The monoisotopic (exact) mass is 488 g/mol. The first-order chi connectivity index (χ1) is 15.6. The summed E-state index contributed by atoms with van der Waals surface area (Å²) in [6.45, 7) is -0.222. The Morgan fingerprint density at radius 2 is 2.00 bits per heavy atom. The highest BCUT2D eigenvalue weighted by atomic mass is 32.2. The van der Waals surface area contributed by atoms with Crippen molar-refractivity contribution >= 4 is 34.4 Å². The Labute approximate surface area is 190 Å². The molecule has 1 aromatic carbocycles. The van der Waals surface area contributed by atoms with E-state index in [9.17, 15) is 27.2 Å². The van der Waals surface area contributed by atoms with Crippen molar-refractivity contribution in [2.24, 2.45) is 0 Å². The van der Waals surface area contributed by atoms with Gasteiger partial charge in [0.05, 0.1) is 11.3 Å².